The molecule has 0 fully saturated rings. The van der Waals surface area contributed by atoms with Crippen LogP contribution in [0.3, 0.4) is 0 Å². The lowest BCUT2D eigenvalue weighted by Gasteiger charge is -2.08. The van der Waals surface area contributed by atoms with Crippen LogP contribution in [0.5, 0.6) is 0 Å². The van der Waals surface area contributed by atoms with E-state index in [4.69, 9.17) is 5.11 Å². The number of anilines is 2. The van der Waals surface area contributed by atoms with Crippen LogP contribution in [0.25, 0.3) is 0 Å². The fourth-order valence-corrected chi connectivity index (χ4v) is 2.61. The van der Waals surface area contributed by atoms with Gasteiger partial charge in [-0.05, 0) is 26.8 Å². The Morgan fingerprint density at radius 2 is 2.05 bits per heavy atom. The number of nitrogens with zero attached hydrogens (tertiary/aromatic N) is 2. The number of carbonyl (C=O) groups is 1. The fourth-order valence-electron chi connectivity index (χ4n) is 1.78. The maximum absolute atomic E-state index is 11.1. The summed E-state index contributed by atoms with van der Waals surface area (Å²) < 4.78 is 0. The lowest BCUT2D eigenvalue weighted by molar-refractivity contribution is -0.385. The van der Waals surface area contributed by atoms with E-state index in [0.29, 0.717) is 16.4 Å². The number of thiazole rings is 1. The van der Waals surface area contributed by atoms with E-state index >= 15 is 0 Å². The van der Waals surface area contributed by atoms with Gasteiger partial charge in [0.05, 0.1) is 27.4 Å². The van der Waals surface area contributed by atoms with Crippen molar-refractivity contribution in [1.29, 1.82) is 0 Å². The molecule has 1 heterocycles. The molecule has 0 aliphatic carbocycles. The van der Waals surface area contributed by atoms with Gasteiger partial charge in [0.1, 0.15) is 0 Å². The van der Waals surface area contributed by atoms with Gasteiger partial charge in [-0.1, -0.05) is 0 Å². The van der Waals surface area contributed by atoms with Gasteiger partial charge in [-0.2, -0.15) is 0 Å². The van der Waals surface area contributed by atoms with E-state index in [0.717, 1.165) is 16.6 Å². The Morgan fingerprint density at radius 1 is 1.38 bits per heavy atom. The van der Waals surface area contributed by atoms with E-state index in [9.17, 15) is 14.9 Å². The lowest BCUT2D eigenvalue weighted by Crippen LogP contribution is -2.03. The summed E-state index contributed by atoms with van der Waals surface area (Å²) in [6.45, 7) is 5.35. The van der Waals surface area contributed by atoms with E-state index in [1.807, 2.05) is 13.8 Å². The van der Waals surface area contributed by atoms with Crippen LogP contribution in [0.2, 0.25) is 0 Å². The molecule has 110 valence electrons. The summed E-state index contributed by atoms with van der Waals surface area (Å²) >= 11 is 1.41. The standard InChI is InChI=1S/C13H13N3O4S/c1-6-10(15-13-14-7(2)8(3)21-13)4-9(12(17)18)5-11(6)16(19)20/h4-5H,1-3H3,(H,14,15)(H,17,18). The predicted octanol–water partition coefficient (Wildman–Crippen LogP) is 3.42. The van der Waals surface area contributed by atoms with Crippen molar-refractivity contribution in [1.82, 2.24) is 4.98 Å². The first-order chi connectivity index (χ1) is 9.79. The van der Waals surface area contributed by atoms with Gasteiger partial charge in [-0.15, -0.1) is 11.3 Å². The van der Waals surface area contributed by atoms with E-state index in [1.54, 1.807) is 6.92 Å². The van der Waals surface area contributed by atoms with Crippen LogP contribution in [-0.4, -0.2) is 21.0 Å². The van der Waals surface area contributed by atoms with Crippen LogP contribution in [-0.2, 0) is 0 Å². The van der Waals surface area contributed by atoms with Crippen molar-refractivity contribution in [3.8, 4) is 0 Å². The van der Waals surface area contributed by atoms with Crippen molar-refractivity contribution >= 4 is 33.8 Å². The van der Waals surface area contributed by atoms with Crippen molar-refractivity contribution in [3.63, 3.8) is 0 Å². The Hall–Kier alpha value is -2.48. The molecule has 2 N–H and O–H groups in total. The maximum atomic E-state index is 11.1. The van der Waals surface area contributed by atoms with Crippen molar-refractivity contribution in [3.05, 3.63) is 43.9 Å². The number of hydrogen-bond acceptors (Lipinski definition) is 6. The van der Waals surface area contributed by atoms with Crippen LogP contribution >= 0.6 is 11.3 Å². The van der Waals surface area contributed by atoms with E-state index in [2.05, 4.69) is 10.3 Å². The second-order valence-corrected chi connectivity index (χ2v) is 5.72. The van der Waals surface area contributed by atoms with E-state index in [1.165, 1.54) is 17.4 Å². The minimum Gasteiger partial charge on any atom is -0.478 e. The molecule has 2 rings (SSSR count). The summed E-state index contributed by atoms with van der Waals surface area (Å²) in [7, 11) is 0. The first-order valence-corrected chi connectivity index (χ1v) is 6.84. The number of nitro groups is 1. The van der Waals surface area contributed by atoms with Gasteiger partial charge in [-0.25, -0.2) is 9.78 Å². The maximum Gasteiger partial charge on any atom is 0.336 e. The Bertz CT molecular complexity index is 720. The summed E-state index contributed by atoms with van der Waals surface area (Å²) in [6.07, 6.45) is 0. The third-order valence-electron chi connectivity index (χ3n) is 3.09. The highest BCUT2D eigenvalue weighted by Gasteiger charge is 2.19. The van der Waals surface area contributed by atoms with Crippen LogP contribution in [0.4, 0.5) is 16.5 Å². The van der Waals surface area contributed by atoms with Crippen molar-refractivity contribution in [2.24, 2.45) is 0 Å². The molecule has 8 heteroatoms. The number of aromatic nitrogens is 1. The number of hydrogen-bond donors (Lipinski definition) is 2. The van der Waals surface area contributed by atoms with Crippen LogP contribution in [0.1, 0.15) is 26.5 Å². The molecule has 2 aromatic rings. The SMILES string of the molecule is Cc1nc(Nc2cc(C(=O)O)cc([N+](=O)[O-])c2C)sc1C. The Labute approximate surface area is 124 Å². The van der Waals surface area contributed by atoms with Gasteiger partial charge in [-0.3, -0.25) is 10.1 Å². The highest BCUT2D eigenvalue weighted by atomic mass is 32.1. The lowest BCUT2D eigenvalue weighted by atomic mass is 10.1. The Balaban J connectivity index is 2.51. The molecule has 7 nitrogen and oxygen atoms in total. The second kappa shape index (κ2) is 5.49. The summed E-state index contributed by atoms with van der Waals surface area (Å²) in [6, 6.07) is 2.43. The number of rotatable bonds is 4. The number of aryl methyl sites for hydroxylation is 2. The summed E-state index contributed by atoms with van der Waals surface area (Å²) in [5, 5.41) is 23.6. The van der Waals surface area contributed by atoms with Crippen molar-refractivity contribution < 1.29 is 14.8 Å². The molecule has 1 aromatic heterocycles. The Morgan fingerprint density at radius 3 is 2.52 bits per heavy atom. The Kier molecular flexibility index (Phi) is 3.90. The summed E-state index contributed by atoms with van der Waals surface area (Å²) in [5.41, 5.74) is 1.23. The number of benzene rings is 1. The van der Waals surface area contributed by atoms with Gasteiger partial charge in [0, 0.05) is 10.9 Å². The number of aromatic carboxylic acids is 1. The normalized spacial score (nSPS) is 10.4. The van der Waals surface area contributed by atoms with Crippen LogP contribution in [0.15, 0.2) is 12.1 Å². The zero-order valence-electron chi connectivity index (χ0n) is 11.6. The van der Waals surface area contributed by atoms with Gasteiger partial charge < -0.3 is 10.4 Å². The first-order valence-electron chi connectivity index (χ1n) is 6.03. The predicted molar refractivity (Wildman–Crippen MR) is 79.7 cm³/mol. The number of carboxylic acids is 1. The molecule has 0 radical (unpaired) electrons. The topological polar surface area (TPSA) is 105 Å². The van der Waals surface area contributed by atoms with E-state index < -0.39 is 10.9 Å². The van der Waals surface area contributed by atoms with Gasteiger partial charge in [0.2, 0.25) is 0 Å². The third kappa shape index (κ3) is 3.00. The first kappa shape index (κ1) is 14.9. The van der Waals surface area contributed by atoms with Gasteiger partial charge >= 0.3 is 5.97 Å². The fraction of sp³-hybridized carbons (Fsp3) is 0.231. The number of nitrogens with one attached hydrogen (secondary N) is 1. The largest absolute Gasteiger partial charge is 0.478 e. The monoisotopic (exact) mass is 307 g/mol. The van der Waals surface area contributed by atoms with E-state index in [-0.39, 0.29) is 11.3 Å². The van der Waals surface area contributed by atoms with Crippen LogP contribution < -0.4 is 5.32 Å². The summed E-state index contributed by atoms with van der Waals surface area (Å²) in [5.74, 6) is -1.22. The molecule has 0 aliphatic heterocycles. The molecule has 1 aromatic carbocycles. The van der Waals surface area contributed by atoms with Crippen molar-refractivity contribution in [2.45, 2.75) is 20.8 Å². The van der Waals surface area contributed by atoms with Gasteiger partial charge in [0.25, 0.3) is 5.69 Å². The molecule has 0 bridgehead atoms. The zero-order chi connectivity index (χ0) is 15.7. The molecule has 0 atom stereocenters. The average molecular weight is 307 g/mol. The zero-order valence-corrected chi connectivity index (χ0v) is 12.4. The molecular weight excluding hydrogens is 294 g/mol. The van der Waals surface area contributed by atoms with Crippen molar-refractivity contribution in [2.75, 3.05) is 5.32 Å². The minimum absolute atomic E-state index is 0.139. The highest BCUT2D eigenvalue weighted by molar-refractivity contribution is 7.15. The molecule has 0 saturated carbocycles. The average Bonchev–Trinajstić information content (AvgIpc) is 2.70. The second-order valence-electron chi connectivity index (χ2n) is 4.52. The molecule has 0 unspecified atom stereocenters. The van der Waals surface area contributed by atoms with Crippen LogP contribution in [0, 0.1) is 30.9 Å². The smallest absolute Gasteiger partial charge is 0.336 e. The quantitative estimate of drug-likeness (QED) is 0.662. The molecule has 0 saturated heterocycles. The van der Waals surface area contributed by atoms with Gasteiger partial charge in [0.15, 0.2) is 5.13 Å². The molecule has 0 amide bonds. The highest BCUT2D eigenvalue weighted by Crippen LogP contribution is 2.32. The molecular formula is C13H13N3O4S. The summed E-state index contributed by atoms with van der Waals surface area (Å²) in [4.78, 5) is 26.8. The minimum atomic E-state index is -1.22. The third-order valence-corrected chi connectivity index (χ3v) is 4.08. The molecule has 0 spiro atoms. The number of carboxylic acid groups (broad SMARTS) is 1. The number of nitro benzene ring substituents is 1. The molecule has 0 aliphatic rings. The molecule has 21 heavy (non-hydrogen) atoms.